The third kappa shape index (κ3) is 3.28. The lowest BCUT2D eigenvalue weighted by atomic mass is 9.92. The van der Waals surface area contributed by atoms with Gasteiger partial charge in [-0.2, -0.15) is 0 Å². The largest absolute Gasteiger partial charge is 0.325 e. The Balaban J connectivity index is 1.60. The van der Waals surface area contributed by atoms with Crippen molar-refractivity contribution in [1.29, 1.82) is 0 Å². The maximum atomic E-state index is 13.1. The Morgan fingerprint density at radius 2 is 1.87 bits per heavy atom. The molecule has 8 nitrogen and oxygen atoms in total. The average Bonchev–Trinajstić information content (AvgIpc) is 2.90. The molecule has 154 valence electrons. The molecule has 1 atom stereocenters. The van der Waals surface area contributed by atoms with Crippen molar-refractivity contribution in [3.05, 3.63) is 58.1 Å². The number of hydrogen-bond acceptors (Lipinski definition) is 4. The predicted molar refractivity (Wildman–Crippen MR) is 111 cm³/mol. The first kappa shape index (κ1) is 20.2. The van der Waals surface area contributed by atoms with Crippen molar-refractivity contribution in [2.24, 2.45) is 0 Å². The van der Waals surface area contributed by atoms with Gasteiger partial charge < -0.3 is 10.6 Å². The summed E-state index contributed by atoms with van der Waals surface area (Å²) in [6, 6.07) is 10.7. The number of urea groups is 1. The molecule has 1 saturated heterocycles. The van der Waals surface area contributed by atoms with E-state index in [4.69, 9.17) is 23.2 Å². The topological polar surface area (TPSA) is 98.8 Å². The molecular weight excluding hydrogens is 431 g/mol. The Hall–Kier alpha value is -3.10. The van der Waals surface area contributed by atoms with E-state index in [1.54, 1.807) is 36.4 Å². The fourth-order valence-electron chi connectivity index (χ4n) is 3.59. The molecule has 2 aromatic rings. The lowest BCUT2D eigenvalue weighted by Crippen LogP contribution is -2.48. The monoisotopic (exact) mass is 446 g/mol. The molecule has 1 fully saturated rings. The van der Waals surface area contributed by atoms with E-state index >= 15 is 0 Å². The zero-order valence-electron chi connectivity index (χ0n) is 15.7. The number of benzene rings is 2. The van der Waals surface area contributed by atoms with Crippen LogP contribution >= 0.6 is 23.2 Å². The highest BCUT2D eigenvalue weighted by molar-refractivity contribution is 6.35. The number of nitrogens with zero attached hydrogens (tertiary/aromatic N) is 2. The van der Waals surface area contributed by atoms with E-state index in [1.165, 1.54) is 17.9 Å². The van der Waals surface area contributed by atoms with E-state index in [0.717, 1.165) is 4.90 Å². The smallest absolute Gasteiger partial charge is 0.323 e. The average molecular weight is 447 g/mol. The van der Waals surface area contributed by atoms with Crippen LogP contribution in [0.1, 0.15) is 12.5 Å². The van der Waals surface area contributed by atoms with Crippen molar-refractivity contribution in [2.45, 2.75) is 12.5 Å². The van der Waals surface area contributed by atoms with E-state index in [0.29, 0.717) is 22.0 Å². The molecule has 2 aromatic carbocycles. The Morgan fingerprint density at radius 3 is 2.60 bits per heavy atom. The van der Waals surface area contributed by atoms with Gasteiger partial charge >= 0.3 is 6.03 Å². The van der Waals surface area contributed by atoms with Crippen molar-refractivity contribution in [2.75, 3.05) is 23.3 Å². The normalized spacial score (nSPS) is 20.7. The van der Waals surface area contributed by atoms with Crippen LogP contribution in [0.15, 0.2) is 42.5 Å². The highest BCUT2D eigenvalue weighted by Gasteiger charge is 2.50. The van der Waals surface area contributed by atoms with Crippen LogP contribution in [0.25, 0.3) is 0 Å². The van der Waals surface area contributed by atoms with Gasteiger partial charge in [-0.3, -0.25) is 24.2 Å². The SMILES string of the molecule is C[C@@]1(c2ccc(Cl)cc2Cl)NC(=O)N(CC(=O)N2CC(=O)Nc3ccccc32)C1=O. The summed E-state index contributed by atoms with van der Waals surface area (Å²) in [5.41, 5.74) is -0.102. The Bertz CT molecular complexity index is 1110. The van der Waals surface area contributed by atoms with Gasteiger partial charge in [0.1, 0.15) is 18.6 Å². The predicted octanol–water partition coefficient (Wildman–Crippen LogP) is 2.75. The highest BCUT2D eigenvalue weighted by atomic mass is 35.5. The van der Waals surface area contributed by atoms with E-state index < -0.39 is 29.9 Å². The number of halogens is 2. The summed E-state index contributed by atoms with van der Waals surface area (Å²) in [6.07, 6.45) is 0. The number of hydrogen-bond donors (Lipinski definition) is 2. The van der Waals surface area contributed by atoms with E-state index in [2.05, 4.69) is 10.6 Å². The number of amides is 5. The minimum absolute atomic E-state index is 0.209. The van der Waals surface area contributed by atoms with Gasteiger partial charge in [0.15, 0.2) is 0 Å². The molecule has 10 heteroatoms. The van der Waals surface area contributed by atoms with Crippen molar-refractivity contribution >= 4 is 58.3 Å². The number of carbonyl (C=O) groups excluding carboxylic acids is 4. The quantitative estimate of drug-likeness (QED) is 0.707. The Kier molecular flexibility index (Phi) is 4.91. The molecule has 2 N–H and O–H groups in total. The fourth-order valence-corrected chi connectivity index (χ4v) is 4.19. The molecule has 30 heavy (non-hydrogen) atoms. The number of rotatable bonds is 3. The number of para-hydroxylation sites is 2. The number of nitrogens with one attached hydrogen (secondary N) is 2. The molecule has 2 aliphatic heterocycles. The van der Waals surface area contributed by atoms with Crippen LogP contribution in [0.2, 0.25) is 10.0 Å². The Labute approximate surface area is 181 Å². The molecule has 0 spiro atoms. The minimum Gasteiger partial charge on any atom is -0.323 e. The second kappa shape index (κ2) is 7.30. The molecule has 5 amide bonds. The summed E-state index contributed by atoms with van der Waals surface area (Å²) < 4.78 is 0. The number of carbonyl (C=O) groups is 4. The maximum absolute atomic E-state index is 13.1. The summed E-state index contributed by atoms with van der Waals surface area (Å²) in [5.74, 6) is -1.55. The van der Waals surface area contributed by atoms with Crippen LogP contribution in [-0.4, -0.2) is 41.7 Å². The summed E-state index contributed by atoms with van der Waals surface area (Å²) in [6.45, 7) is 0.781. The van der Waals surface area contributed by atoms with Crippen LogP contribution in [0.5, 0.6) is 0 Å². The van der Waals surface area contributed by atoms with Crippen LogP contribution in [0.4, 0.5) is 16.2 Å². The first-order valence-electron chi connectivity index (χ1n) is 8.99. The summed E-state index contributed by atoms with van der Waals surface area (Å²) >= 11 is 12.2. The number of fused-ring (bicyclic) bond motifs is 1. The minimum atomic E-state index is -1.45. The van der Waals surface area contributed by atoms with Crippen LogP contribution < -0.4 is 15.5 Å². The van der Waals surface area contributed by atoms with Gasteiger partial charge in [-0.15, -0.1) is 0 Å². The van der Waals surface area contributed by atoms with Gasteiger partial charge in [0, 0.05) is 15.6 Å². The lowest BCUT2D eigenvalue weighted by molar-refractivity contribution is -0.134. The first-order valence-corrected chi connectivity index (χ1v) is 9.75. The molecule has 0 unspecified atom stereocenters. The van der Waals surface area contributed by atoms with E-state index in [1.807, 2.05) is 0 Å². The molecule has 0 radical (unpaired) electrons. The van der Waals surface area contributed by atoms with Crippen LogP contribution in [-0.2, 0) is 19.9 Å². The van der Waals surface area contributed by atoms with Crippen molar-refractivity contribution in [3.63, 3.8) is 0 Å². The summed E-state index contributed by atoms with van der Waals surface area (Å²) in [7, 11) is 0. The van der Waals surface area contributed by atoms with Crippen molar-refractivity contribution in [1.82, 2.24) is 10.2 Å². The van der Waals surface area contributed by atoms with Gasteiger partial charge in [-0.25, -0.2) is 4.79 Å². The second-order valence-electron chi connectivity index (χ2n) is 7.12. The molecule has 0 aliphatic carbocycles. The lowest BCUT2D eigenvalue weighted by Gasteiger charge is -2.30. The fraction of sp³-hybridized carbons (Fsp3) is 0.200. The zero-order valence-corrected chi connectivity index (χ0v) is 17.3. The second-order valence-corrected chi connectivity index (χ2v) is 7.96. The molecule has 0 aromatic heterocycles. The molecule has 0 saturated carbocycles. The molecule has 4 rings (SSSR count). The number of imide groups is 1. The van der Waals surface area contributed by atoms with Gasteiger partial charge in [0.05, 0.1) is 11.4 Å². The zero-order chi connectivity index (χ0) is 21.6. The van der Waals surface area contributed by atoms with Gasteiger partial charge in [0.25, 0.3) is 5.91 Å². The highest BCUT2D eigenvalue weighted by Crippen LogP contribution is 2.35. The Morgan fingerprint density at radius 1 is 1.13 bits per heavy atom. The third-order valence-electron chi connectivity index (χ3n) is 5.11. The van der Waals surface area contributed by atoms with E-state index in [-0.39, 0.29) is 17.5 Å². The first-order chi connectivity index (χ1) is 14.2. The van der Waals surface area contributed by atoms with Crippen molar-refractivity contribution in [3.8, 4) is 0 Å². The number of anilines is 2. The maximum Gasteiger partial charge on any atom is 0.325 e. The van der Waals surface area contributed by atoms with Gasteiger partial charge in [-0.1, -0.05) is 41.4 Å². The van der Waals surface area contributed by atoms with Crippen LogP contribution in [0, 0.1) is 0 Å². The molecule has 0 bridgehead atoms. The summed E-state index contributed by atoms with van der Waals surface area (Å²) in [4.78, 5) is 52.6. The molecule has 2 aliphatic rings. The summed E-state index contributed by atoms with van der Waals surface area (Å²) in [5, 5.41) is 5.89. The van der Waals surface area contributed by atoms with Gasteiger partial charge in [0.2, 0.25) is 11.8 Å². The standard InChI is InChI=1S/C20H16Cl2N4O4/c1-20(12-7-6-11(21)8-13(12)22)18(29)26(19(30)24-20)10-17(28)25-9-16(27)23-14-4-2-3-5-15(14)25/h2-8H,9-10H2,1H3,(H,23,27)(H,24,30)/t20-/m0/s1. The van der Waals surface area contributed by atoms with E-state index in [9.17, 15) is 19.2 Å². The third-order valence-corrected chi connectivity index (χ3v) is 5.66. The van der Waals surface area contributed by atoms with Crippen LogP contribution in [0.3, 0.4) is 0 Å². The molecular formula is C20H16Cl2N4O4. The van der Waals surface area contributed by atoms with Crippen molar-refractivity contribution < 1.29 is 19.2 Å². The van der Waals surface area contributed by atoms with Gasteiger partial charge in [-0.05, 0) is 31.2 Å². The molecule has 2 heterocycles.